The molecule has 0 amide bonds. The van der Waals surface area contributed by atoms with Crippen molar-refractivity contribution in [1.29, 1.82) is 0 Å². The number of hydrogen-bond acceptors (Lipinski definition) is 0. The summed E-state index contributed by atoms with van der Waals surface area (Å²) < 4.78 is 0. The Bertz CT molecular complexity index is 821. The van der Waals surface area contributed by atoms with Gasteiger partial charge in [-0.05, 0) is 0 Å². The van der Waals surface area contributed by atoms with Gasteiger partial charge in [0.25, 0.3) is 0 Å². The zero-order valence-electron chi connectivity index (χ0n) is 14.6. The van der Waals surface area contributed by atoms with Crippen molar-refractivity contribution < 1.29 is 0 Å². The first-order valence-corrected chi connectivity index (χ1v) is 14.1. The summed E-state index contributed by atoms with van der Waals surface area (Å²) in [4.78, 5) is 0. The van der Waals surface area contributed by atoms with Crippen LogP contribution in [0.15, 0.2) is 85.5 Å². The molecule has 140 valence electrons. The van der Waals surface area contributed by atoms with Gasteiger partial charge in [-0.1, -0.05) is 0 Å². The van der Waals surface area contributed by atoms with Crippen LogP contribution in [0, 0.1) is 0 Å². The second kappa shape index (κ2) is 8.27. The molecule has 27 heavy (non-hydrogen) atoms. The fourth-order valence-corrected chi connectivity index (χ4v) is 11.2. The molecule has 5 heteroatoms. The van der Waals surface area contributed by atoms with E-state index in [9.17, 15) is 0 Å². The van der Waals surface area contributed by atoms with Crippen LogP contribution < -0.4 is 15.9 Å². The van der Waals surface area contributed by atoms with Gasteiger partial charge in [0.2, 0.25) is 0 Å². The SMILES string of the molecule is C=CCCP(Br)(c1ccc(Cl)cc1)(c1ccc(Cl)cc1)c1ccc(Cl)cc1. The van der Waals surface area contributed by atoms with Crippen LogP contribution in [0.2, 0.25) is 15.1 Å². The first kappa shape index (κ1) is 20.9. The van der Waals surface area contributed by atoms with Crippen molar-refractivity contribution in [3.8, 4) is 0 Å². The van der Waals surface area contributed by atoms with Gasteiger partial charge < -0.3 is 0 Å². The maximum atomic E-state index is 6.19. The Balaban J connectivity index is 2.40. The van der Waals surface area contributed by atoms with Crippen molar-refractivity contribution in [2.75, 3.05) is 6.16 Å². The first-order valence-electron chi connectivity index (χ1n) is 8.50. The molecule has 0 saturated carbocycles. The van der Waals surface area contributed by atoms with E-state index >= 15 is 0 Å². The minimum absolute atomic E-state index is 0.715. The summed E-state index contributed by atoms with van der Waals surface area (Å²) in [6, 6.07) is 24.3. The van der Waals surface area contributed by atoms with Crippen molar-refractivity contribution in [2.24, 2.45) is 0 Å². The van der Waals surface area contributed by atoms with Gasteiger partial charge in [-0.2, -0.15) is 0 Å². The van der Waals surface area contributed by atoms with E-state index in [-0.39, 0.29) is 0 Å². The average molecular weight is 501 g/mol. The summed E-state index contributed by atoms with van der Waals surface area (Å²) in [5.41, 5.74) is 0. The first-order chi connectivity index (χ1) is 12.9. The molecule has 3 aromatic rings. The summed E-state index contributed by atoms with van der Waals surface area (Å²) in [7, 11) is 0. The van der Waals surface area contributed by atoms with E-state index in [1.807, 2.05) is 42.5 Å². The summed E-state index contributed by atoms with van der Waals surface area (Å²) in [6.45, 7) is 3.95. The molecule has 3 aromatic carbocycles. The van der Waals surface area contributed by atoms with Crippen LogP contribution in [0.3, 0.4) is 0 Å². The second-order valence-corrected chi connectivity index (χ2v) is 16.8. The Morgan fingerprint density at radius 2 is 0.963 bits per heavy atom. The van der Waals surface area contributed by atoms with Gasteiger partial charge in [0.05, 0.1) is 0 Å². The van der Waals surface area contributed by atoms with Gasteiger partial charge in [0.15, 0.2) is 0 Å². The predicted molar refractivity (Wildman–Crippen MR) is 129 cm³/mol. The van der Waals surface area contributed by atoms with Crippen molar-refractivity contribution in [3.05, 3.63) is 101 Å². The van der Waals surface area contributed by atoms with Crippen molar-refractivity contribution in [2.45, 2.75) is 6.42 Å². The summed E-state index contributed by atoms with van der Waals surface area (Å²) in [5.74, 6) is 0. The molecule has 0 spiro atoms. The van der Waals surface area contributed by atoms with E-state index in [0.29, 0.717) is 15.1 Å². The fourth-order valence-electron chi connectivity index (χ4n) is 3.42. The van der Waals surface area contributed by atoms with E-state index in [4.69, 9.17) is 34.8 Å². The number of benzene rings is 3. The quantitative estimate of drug-likeness (QED) is 0.245. The summed E-state index contributed by atoms with van der Waals surface area (Å²) in [5, 5.41) is 2.80. The molecule has 0 radical (unpaired) electrons. The topological polar surface area (TPSA) is 0 Å². The second-order valence-electron chi connectivity index (χ2n) is 6.41. The number of halogens is 4. The Labute approximate surface area is 183 Å². The molecule has 3 rings (SSSR count). The minimum atomic E-state index is -2.96. The number of hydrogen-bond donors (Lipinski definition) is 0. The van der Waals surface area contributed by atoms with Crippen molar-refractivity contribution >= 4 is 71.5 Å². The average Bonchev–Trinajstić information content (AvgIpc) is 2.68. The normalized spacial score (nSPS) is 13.0. The van der Waals surface area contributed by atoms with Crippen LogP contribution in [0.4, 0.5) is 0 Å². The predicted octanol–water partition coefficient (Wildman–Crippen LogP) is 7.36. The van der Waals surface area contributed by atoms with Crippen LogP contribution in [0.1, 0.15) is 6.42 Å². The third-order valence-corrected chi connectivity index (χ3v) is 15.6. The number of allylic oxidation sites excluding steroid dienone is 1. The van der Waals surface area contributed by atoms with E-state index in [0.717, 1.165) is 12.6 Å². The Hall–Kier alpha value is -0.820. The van der Waals surface area contributed by atoms with Gasteiger partial charge in [0, 0.05) is 0 Å². The van der Waals surface area contributed by atoms with Crippen LogP contribution >= 0.6 is 55.6 Å². The molecule has 0 heterocycles. The molecular formula is C22H19BrCl3P. The molecule has 0 aliphatic carbocycles. The van der Waals surface area contributed by atoms with E-state index in [2.05, 4.69) is 58.5 Å². The summed E-state index contributed by atoms with van der Waals surface area (Å²) in [6.07, 6.45) is 3.71. The Morgan fingerprint density at radius 3 is 1.22 bits per heavy atom. The Kier molecular flexibility index (Phi) is 6.41. The van der Waals surface area contributed by atoms with Crippen molar-refractivity contribution in [1.82, 2.24) is 0 Å². The molecule has 0 saturated heterocycles. The van der Waals surface area contributed by atoms with Gasteiger partial charge in [0.1, 0.15) is 0 Å². The van der Waals surface area contributed by atoms with Crippen LogP contribution in [0.5, 0.6) is 0 Å². The zero-order chi connectivity index (χ0) is 19.5. The molecule has 0 fully saturated rings. The van der Waals surface area contributed by atoms with Crippen molar-refractivity contribution in [3.63, 3.8) is 0 Å². The molecule has 0 N–H and O–H groups in total. The van der Waals surface area contributed by atoms with Crippen LogP contribution in [0.25, 0.3) is 0 Å². The third kappa shape index (κ3) is 3.86. The summed E-state index contributed by atoms with van der Waals surface area (Å²) >= 11 is 22.9. The van der Waals surface area contributed by atoms with Gasteiger partial charge >= 0.3 is 185 Å². The third-order valence-electron chi connectivity index (χ3n) is 4.85. The van der Waals surface area contributed by atoms with E-state index in [1.54, 1.807) is 0 Å². The van der Waals surface area contributed by atoms with Crippen LogP contribution in [-0.2, 0) is 0 Å². The Morgan fingerprint density at radius 1 is 0.667 bits per heavy atom. The van der Waals surface area contributed by atoms with Gasteiger partial charge in [-0.3, -0.25) is 0 Å². The monoisotopic (exact) mass is 498 g/mol. The van der Waals surface area contributed by atoms with E-state index in [1.165, 1.54) is 15.9 Å². The van der Waals surface area contributed by atoms with E-state index < -0.39 is 5.31 Å². The van der Waals surface area contributed by atoms with Crippen LogP contribution in [-0.4, -0.2) is 6.16 Å². The molecule has 0 aliphatic rings. The maximum absolute atomic E-state index is 6.19. The standard InChI is InChI=1S/C22H19BrCl3P/c1-2-3-16-27(23,20-10-4-17(24)5-11-20,21-12-6-18(25)7-13-21)22-14-8-19(26)9-15-22/h2,4-15H,1,3,16H2. The zero-order valence-corrected chi connectivity index (χ0v) is 19.3. The molecule has 0 unspecified atom stereocenters. The molecule has 0 atom stereocenters. The molecule has 0 nitrogen and oxygen atoms in total. The molecule has 0 aliphatic heterocycles. The molecule has 0 aromatic heterocycles. The van der Waals surface area contributed by atoms with Gasteiger partial charge in [-0.25, -0.2) is 0 Å². The number of rotatable bonds is 6. The molecular weight excluding hydrogens is 481 g/mol. The molecule has 0 bridgehead atoms. The fraction of sp³-hybridized carbons (Fsp3) is 0.0909. The van der Waals surface area contributed by atoms with Gasteiger partial charge in [-0.15, -0.1) is 0 Å².